The molecule has 2 aliphatic rings. The Morgan fingerprint density at radius 3 is 2.32 bits per heavy atom. The topological polar surface area (TPSA) is 25.8 Å². The highest BCUT2D eigenvalue weighted by Gasteiger charge is 2.19. The zero-order valence-electron chi connectivity index (χ0n) is 17.7. The Bertz CT molecular complexity index is 735. The first kappa shape index (κ1) is 20.4. The lowest BCUT2D eigenvalue weighted by molar-refractivity contribution is 0.450. The van der Waals surface area contributed by atoms with Gasteiger partial charge in [0.1, 0.15) is 4.83 Å². The van der Waals surface area contributed by atoms with Crippen LogP contribution in [-0.4, -0.2) is 17.2 Å². The summed E-state index contributed by atoms with van der Waals surface area (Å²) in [5.74, 6) is 2.28. The summed E-state index contributed by atoms with van der Waals surface area (Å²) in [5.41, 5.74) is 2.42. The SMILES string of the molecule is CC1CCCCC([B]c2nc3ccc(C4CCCCCCC4)nc3s2)CCC1. The molecule has 2 aromatic rings. The second-order valence-electron chi connectivity index (χ2n) is 9.40. The maximum atomic E-state index is 5.08. The van der Waals surface area contributed by atoms with E-state index in [1.54, 1.807) is 0 Å². The fourth-order valence-corrected chi connectivity index (χ4v) is 6.16. The number of nitrogens with zero attached hydrogens (tertiary/aromatic N) is 2. The largest absolute Gasteiger partial charge is 0.251 e. The second-order valence-corrected chi connectivity index (χ2v) is 10.4. The third-order valence-electron chi connectivity index (χ3n) is 6.99. The van der Waals surface area contributed by atoms with Crippen LogP contribution in [0.3, 0.4) is 0 Å². The maximum absolute atomic E-state index is 5.08. The van der Waals surface area contributed by atoms with Gasteiger partial charge in [-0.3, -0.25) is 4.98 Å². The van der Waals surface area contributed by atoms with Crippen molar-refractivity contribution >= 4 is 33.9 Å². The Morgan fingerprint density at radius 2 is 1.46 bits per heavy atom. The zero-order valence-corrected chi connectivity index (χ0v) is 18.5. The average Bonchev–Trinajstić information content (AvgIpc) is 3.09. The van der Waals surface area contributed by atoms with Gasteiger partial charge >= 0.3 is 0 Å². The molecule has 0 N–H and O–H groups in total. The van der Waals surface area contributed by atoms with Gasteiger partial charge in [0.05, 0.1) is 5.52 Å². The Hall–Kier alpha value is -0.895. The molecule has 0 saturated heterocycles. The summed E-state index contributed by atoms with van der Waals surface area (Å²) in [5, 5.41) is 0. The summed E-state index contributed by atoms with van der Waals surface area (Å²) in [6.07, 6.45) is 19.2. The van der Waals surface area contributed by atoms with Gasteiger partial charge in [0.2, 0.25) is 0 Å². The van der Waals surface area contributed by atoms with E-state index in [0.29, 0.717) is 11.7 Å². The lowest BCUT2D eigenvalue weighted by atomic mass is 9.61. The molecule has 1 radical (unpaired) electrons. The molecule has 151 valence electrons. The van der Waals surface area contributed by atoms with E-state index in [4.69, 9.17) is 9.97 Å². The van der Waals surface area contributed by atoms with Gasteiger partial charge in [-0.25, -0.2) is 4.98 Å². The highest BCUT2D eigenvalue weighted by atomic mass is 32.1. The molecule has 2 fully saturated rings. The van der Waals surface area contributed by atoms with Crippen molar-refractivity contribution in [2.24, 2.45) is 5.92 Å². The van der Waals surface area contributed by atoms with Crippen molar-refractivity contribution in [3.63, 3.8) is 0 Å². The molecule has 0 spiro atoms. The predicted molar refractivity (Wildman–Crippen MR) is 123 cm³/mol. The van der Waals surface area contributed by atoms with Gasteiger partial charge in [-0.1, -0.05) is 89.8 Å². The first-order valence-corrected chi connectivity index (χ1v) is 12.7. The van der Waals surface area contributed by atoms with Crippen LogP contribution in [0.15, 0.2) is 12.1 Å². The Morgan fingerprint density at radius 1 is 0.786 bits per heavy atom. The minimum absolute atomic E-state index is 0.663. The molecule has 2 unspecified atom stereocenters. The predicted octanol–water partition coefficient (Wildman–Crippen LogP) is 7.02. The highest BCUT2D eigenvalue weighted by molar-refractivity contribution is 7.26. The molecule has 0 amide bonds. The van der Waals surface area contributed by atoms with Crippen LogP contribution in [0.1, 0.15) is 108 Å². The van der Waals surface area contributed by atoms with Gasteiger partial charge in [-0.15, -0.1) is 11.3 Å². The van der Waals surface area contributed by atoms with Gasteiger partial charge < -0.3 is 0 Å². The molecule has 2 aromatic heterocycles. The Balaban J connectivity index is 1.43. The van der Waals surface area contributed by atoms with Crippen molar-refractivity contribution in [1.82, 2.24) is 9.97 Å². The standard InChI is InChI=1S/C24H36BN2S/c1-18-10-7-8-14-20(15-9-11-18)25-24-27-22-17-16-21(26-23(22)28-24)19-12-5-3-2-4-6-13-19/h16-20H,2-15H2,1H3. The summed E-state index contributed by atoms with van der Waals surface area (Å²) >= 11 is 1.82. The molecular weight excluding hydrogens is 359 g/mol. The van der Waals surface area contributed by atoms with Crippen LogP contribution in [0.25, 0.3) is 10.3 Å². The van der Waals surface area contributed by atoms with E-state index in [0.717, 1.165) is 16.3 Å². The molecular formula is C24H36BN2S. The summed E-state index contributed by atoms with van der Waals surface area (Å²) in [7, 11) is 2.47. The lowest BCUT2D eigenvalue weighted by Crippen LogP contribution is -2.19. The fraction of sp³-hybridized carbons (Fsp3) is 0.750. The number of rotatable bonds is 3. The molecule has 2 saturated carbocycles. The van der Waals surface area contributed by atoms with Crippen LogP contribution in [0.2, 0.25) is 5.82 Å². The van der Waals surface area contributed by atoms with Gasteiger partial charge in [-0.2, -0.15) is 0 Å². The van der Waals surface area contributed by atoms with Crippen molar-refractivity contribution in [3.8, 4) is 0 Å². The molecule has 0 bridgehead atoms. The molecule has 2 heterocycles. The number of thiazole rings is 1. The van der Waals surface area contributed by atoms with Gasteiger partial charge in [0.25, 0.3) is 0 Å². The van der Waals surface area contributed by atoms with Crippen LogP contribution >= 0.6 is 11.3 Å². The number of hydrogen-bond donors (Lipinski definition) is 0. The second kappa shape index (κ2) is 10.2. The number of hydrogen-bond acceptors (Lipinski definition) is 3. The molecule has 4 heteroatoms. The molecule has 2 nitrogen and oxygen atoms in total. The van der Waals surface area contributed by atoms with E-state index in [-0.39, 0.29) is 0 Å². The van der Waals surface area contributed by atoms with Crippen molar-refractivity contribution < 1.29 is 0 Å². The van der Waals surface area contributed by atoms with Gasteiger partial charge in [-0.05, 0) is 30.9 Å². The Kier molecular flexibility index (Phi) is 7.45. The summed E-state index contributed by atoms with van der Waals surface area (Å²) in [4.78, 5) is 12.4. The van der Waals surface area contributed by atoms with Crippen LogP contribution in [0.5, 0.6) is 0 Å². The lowest BCUT2D eigenvalue weighted by Gasteiger charge is -2.18. The van der Waals surface area contributed by atoms with E-state index < -0.39 is 0 Å². The smallest absolute Gasteiger partial charge is 0.195 e. The number of fused-ring (bicyclic) bond motifs is 1. The Labute approximate surface area is 176 Å². The minimum Gasteiger partial charge on any atom is -0.251 e. The van der Waals surface area contributed by atoms with Crippen LogP contribution in [0, 0.1) is 5.92 Å². The minimum atomic E-state index is 0.663. The van der Waals surface area contributed by atoms with E-state index in [1.807, 2.05) is 11.3 Å². The molecule has 28 heavy (non-hydrogen) atoms. The van der Waals surface area contributed by atoms with Gasteiger partial charge in [0.15, 0.2) is 7.28 Å². The first-order chi connectivity index (χ1) is 13.8. The van der Waals surface area contributed by atoms with E-state index in [2.05, 4.69) is 26.3 Å². The average molecular weight is 395 g/mol. The normalized spacial score (nSPS) is 26.0. The molecule has 2 atom stereocenters. The molecule has 0 aliphatic heterocycles. The maximum Gasteiger partial charge on any atom is 0.195 e. The van der Waals surface area contributed by atoms with E-state index >= 15 is 0 Å². The van der Waals surface area contributed by atoms with E-state index in [9.17, 15) is 0 Å². The quantitative estimate of drug-likeness (QED) is 0.522. The van der Waals surface area contributed by atoms with Crippen molar-refractivity contribution in [2.75, 3.05) is 0 Å². The van der Waals surface area contributed by atoms with E-state index in [1.165, 1.54) is 100 Å². The summed E-state index contributed by atoms with van der Waals surface area (Å²) in [6, 6.07) is 4.49. The zero-order chi connectivity index (χ0) is 19.2. The monoisotopic (exact) mass is 395 g/mol. The van der Waals surface area contributed by atoms with Crippen LogP contribution in [-0.2, 0) is 0 Å². The van der Waals surface area contributed by atoms with Gasteiger partial charge in [0, 0.05) is 16.5 Å². The summed E-state index contributed by atoms with van der Waals surface area (Å²) < 4.78 is 0. The fourth-order valence-electron chi connectivity index (χ4n) is 5.18. The summed E-state index contributed by atoms with van der Waals surface area (Å²) in [6.45, 7) is 2.43. The third-order valence-corrected chi connectivity index (χ3v) is 7.92. The number of aromatic nitrogens is 2. The van der Waals surface area contributed by atoms with Crippen LogP contribution < -0.4 is 4.91 Å². The molecule has 2 aliphatic carbocycles. The van der Waals surface area contributed by atoms with Crippen molar-refractivity contribution in [3.05, 3.63) is 17.8 Å². The van der Waals surface area contributed by atoms with Crippen molar-refractivity contribution in [1.29, 1.82) is 0 Å². The number of pyridine rings is 1. The third kappa shape index (κ3) is 5.59. The molecule has 0 aromatic carbocycles. The molecule has 4 rings (SSSR count). The highest BCUT2D eigenvalue weighted by Crippen LogP contribution is 2.32. The van der Waals surface area contributed by atoms with Crippen LogP contribution in [0.4, 0.5) is 0 Å². The first-order valence-electron chi connectivity index (χ1n) is 11.9. The van der Waals surface area contributed by atoms with Crippen molar-refractivity contribution in [2.45, 2.75) is 109 Å².